The second-order valence-corrected chi connectivity index (χ2v) is 12.3. The summed E-state index contributed by atoms with van der Waals surface area (Å²) >= 11 is 0. The Bertz CT molecular complexity index is 906. The molecule has 4 rings (SSSR count). The van der Waals surface area contributed by atoms with Gasteiger partial charge in [0.25, 0.3) is 0 Å². The summed E-state index contributed by atoms with van der Waals surface area (Å²) in [6, 6.07) is 0. The minimum atomic E-state index is -4.65. The van der Waals surface area contributed by atoms with Crippen molar-refractivity contribution in [2.75, 3.05) is 6.61 Å². The van der Waals surface area contributed by atoms with E-state index >= 15 is 0 Å². The van der Waals surface area contributed by atoms with Crippen molar-refractivity contribution in [3.05, 3.63) is 12.2 Å². The standard InChI is InChI=1S/C25H41N2O8P/c26-20-9-8-17-16-19(28)25(27-20)12-7-5-3-1-2-4-6-11-24(17,13-14-25)23-22(30)21(29)18(35-23)10-15-34-36(31,32)33/h8-9,17-18,21-23,29-30H,1-7,10-16H2,(H2,26,27)(H2,31,32,33)/b9-8-. The first kappa shape index (κ1) is 27.9. The number of nitrogens with zero attached hydrogens (tertiary/aromatic N) is 1. The lowest BCUT2D eigenvalue weighted by molar-refractivity contribution is -0.126. The molecule has 2 aliphatic carbocycles. The molecule has 0 aromatic heterocycles. The quantitative estimate of drug-likeness (QED) is 0.336. The molecular formula is C25H41N2O8P. The molecule has 4 aliphatic rings. The average molecular weight is 529 g/mol. The smallest absolute Gasteiger partial charge is 0.388 e. The summed E-state index contributed by atoms with van der Waals surface area (Å²) in [4.78, 5) is 36.5. The fourth-order valence-electron chi connectivity index (χ4n) is 6.87. The van der Waals surface area contributed by atoms with E-state index in [1.165, 1.54) is 0 Å². The van der Waals surface area contributed by atoms with Gasteiger partial charge in [0.2, 0.25) is 0 Å². The van der Waals surface area contributed by atoms with Gasteiger partial charge in [0.05, 0.1) is 18.8 Å². The predicted molar refractivity (Wildman–Crippen MR) is 133 cm³/mol. The lowest BCUT2D eigenvalue weighted by Gasteiger charge is -2.44. The summed E-state index contributed by atoms with van der Waals surface area (Å²) in [5.74, 6) is 0.190. The SMILES string of the molecule is NC1=N\C23CCCCCCCCCC(C4OC(CCOP(=O)(O)O)C(O)C4O)(CC2)C(/C=C\1)CC3=O. The maximum absolute atomic E-state index is 13.7. The highest BCUT2D eigenvalue weighted by molar-refractivity contribution is 7.46. The largest absolute Gasteiger partial charge is 0.469 e. The molecular weight excluding hydrogens is 487 g/mol. The van der Waals surface area contributed by atoms with Gasteiger partial charge in [-0.15, -0.1) is 0 Å². The Hall–Kier alpha value is -1.13. The van der Waals surface area contributed by atoms with E-state index < -0.39 is 43.2 Å². The van der Waals surface area contributed by atoms with Crippen molar-refractivity contribution in [1.82, 2.24) is 0 Å². The number of carbonyl (C=O) groups is 1. The van der Waals surface area contributed by atoms with E-state index in [0.717, 1.165) is 51.4 Å². The van der Waals surface area contributed by atoms with Gasteiger partial charge in [-0.1, -0.05) is 51.0 Å². The van der Waals surface area contributed by atoms with Crippen molar-refractivity contribution >= 4 is 19.4 Å². The molecule has 2 heterocycles. The van der Waals surface area contributed by atoms with Gasteiger partial charge in [0.1, 0.15) is 23.6 Å². The van der Waals surface area contributed by atoms with Gasteiger partial charge in [-0.05, 0) is 37.7 Å². The van der Waals surface area contributed by atoms with Gasteiger partial charge in [0, 0.05) is 18.3 Å². The van der Waals surface area contributed by atoms with Crippen LogP contribution >= 0.6 is 7.82 Å². The number of carbonyl (C=O) groups excluding carboxylic acids is 1. The van der Waals surface area contributed by atoms with E-state index in [0.29, 0.717) is 25.1 Å². The van der Waals surface area contributed by atoms with E-state index in [-0.39, 0.29) is 31.1 Å². The minimum Gasteiger partial charge on any atom is -0.388 e. The Labute approximate surface area is 212 Å². The zero-order valence-corrected chi connectivity index (χ0v) is 21.7. The van der Waals surface area contributed by atoms with Crippen LogP contribution in [0.5, 0.6) is 0 Å². The number of ketones is 1. The van der Waals surface area contributed by atoms with Gasteiger partial charge in [0.15, 0.2) is 5.78 Å². The first-order chi connectivity index (χ1) is 17.1. The highest BCUT2D eigenvalue weighted by Gasteiger charge is 2.58. The highest BCUT2D eigenvalue weighted by atomic mass is 31.2. The predicted octanol–water partition coefficient (Wildman–Crippen LogP) is 2.52. The number of phosphoric ester groups is 1. The van der Waals surface area contributed by atoms with Gasteiger partial charge < -0.3 is 30.5 Å². The van der Waals surface area contributed by atoms with E-state index in [1.54, 1.807) is 6.08 Å². The Morgan fingerprint density at radius 2 is 1.69 bits per heavy atom. The Kier molecular flexibility index (Phi) is 8.77. The van der Waals surface area contributed by atoms with Crippen molar-refractivity contribution < 1.29 is 38.6 Å². The van der Waals surface area contributed by atoms with Crippen LogP contribution in [0.1, 0.15) is 83.5 Å². The minimum absolute atomic E-state index is 0.0232. The lowest BCUT2D eigenvalue weighted by Crippen LogP contribution is -2.48. The van der Waals surface area contributed by atoms with Crippen LogP contribution < -0.4 is 5.73 Å². The number of Topliss-reactive ketones (excluding diaryl/α,β-unsaturated/α-hetero) is 1. The van der Waals surface area contributed by atoms with Gasteiger partial charge in [-0.3, -0.25) is 14.3 Å². The number of allylic oxidation sites excluding steroid dienone is 1. The summed E-state index contributed by atoms with van der Waals surface area (Å²) in [5, 5.41) is 22.1. The lowest BCUT2D eigenvalue weighted by atomic mass is 9.63. The van der Waals surface area contributed by atoms with Gasteiger partial charge in [-0.25, -0.2) is 4.57 Å². The summed E-state index contributed by atoms with van der Waals surface area (Å²) in [5.41, 5.74) is 4.76. The molecule has 3 fully saturated rings. The number of aliphatic hydroxyl groups excluding tert-OH is 2. The zero-order chi connectivity index (χ0) is 26.0. The van der Waals surface area contributed by atoms with Crippen LogP contribution in [0.4, 0.5) is 0 Å². The van der Waals surface area contributed by atoms with Crippen molar-refractivity contribution in [2.24, 2.45) is 22.1 Å². The summed E-state index contributed by atoms with van der Waals surface area (Å²) < 4.78 is 21.9. The normalized spacial score (nSPS) is 42.8. The third-order valence-corrected chi connectivity index (χ3v) is 9.35. The fourth-order valence-corrected chi connectivity index (χ4v) is 7.21. The molecule has 1 spiro atoms. The molecule has 0 radical (unpaired) electrons. The Morgan fingerprint density at radius 3 is 2.39 bits per heavy atom. The first-order valence-electron chi connectivity index (χ1n) is 13.3. The van der Waals surface area contributed by atoms with Crippen LogP contribution in [-0.2, 0) is 18.6 Å². The molecule has 0 aromatic carbocycles. The summed E-state index contributed by atoms with van der Waals surface area (Å²) in [6.45, 7) is -0.312. The number of aliphatic imine (C=N–C) groups is 1. The first-order valence-corrected chi connectivity index (χ1v) is 14.9. The molecule has 0 amide bonds. The van der Waals surface area contributed by atoms with Crippen LogP contribution in [0.15, 0.2) is 17.1 Å². The van der Waals surface area contributed by atoms with E-state index in [1.807, 2.05) is 6.08 Å². The van der Waals surface area contributed by atoms with Crippen LogP contribution in [0.3, 0.4) is 0 Å². The molecule has 7 unspecified atom stereocenters. The number of fused-ring (bicyclic) bond motifs is 5. The average Bonchev–Trinajstić information content (AvgIpc) is 3.06. The molecule has 10 nitrogen and oxygen atoms in total. The number of amidine groups is 1. The Balaban J connectivity index is 1.67. The molecule has 204 valence electrons. The maximum Gasteiger partial charge on any atom is 0.469 e. The molecule has 7 atom stereocenters. The van der Waals surface area contributed by atoms with E-state index in [9.17, 15) is 19.6 Å². The highest BCUT2D eigenvalue weighted by Crippen LogP contribution is 2.54. The monoisotopic (exact) mass is 528 g/mol. The van der Waals surface area contributed by atoms with Crippen molar-refractivity contribution in [3.8, 4) is 0 Å². The number of nitrogens with two attached hydrogens (primary N) is 1. The third kappa shape index (κ3) is 5.96. The zero-order valence-electron chi connectivity index (χ0n) is 20.8. The molecule has 3 bridgehead atoms. The third-order valence-electron chi connectivity index (χ3n) is 8.83. The number of aliphatic hydroxyl groups is 2. The van der Waals surface area contributed by atoms with Crippen LogP contribution in [0.2, 0.25) is 0 Å². The van der Waals surface area contributed by atoms with Crippen molar-refractivity contribution in [2.45, 2.75) is 113 Å². The summed E-state index contributed by atoms with van der Waals surface area (Å²) in [7, 11) is -4.65. The van der Waals surface area contributed by atoms with Crippen LogP contribution in [-0.4, -0.2) is 68.2 Å². The molecule has 0 aromatic rings. The van der Waals surface area contributed by atoms with Gasteiger partial charge >= 0.3 is 7.82 Å². The number of rotatable bonds is 5. The van der Waals surface area contributed by atoms with Crippen molar-refractivity contribution in [1.29, 1.82) is 0 Å². The number of hydrogen-bond donors (Lipinski definition) is 5. The van der Waals surface area contributed by atoms with Gasteiger partial charge in [-0.2, -0.15) is 0 Å². The topological polar surface area (TPSA) is 172 Å². The molecule has 11 heteroatoms. The van der Waals surface area contributed by atoms with E-state index in [2.05, 4.69) is 4.52 Å². The number of hydrogen-bond acceptors (Lipinski definition) is 8. The number of phosphoric acid groups is 1. The van der Waals surface area contributed by atoms with Crippen molar-refractivity contribution in [3.63, 3.8) is 0 Å². The van der Waals surface area contributed by atoms with Crippen LogP contribution in [0, 0.1) is 11.3 Å². The molecule has 6 N–H and O–H groups in total. The molecule has 2 saturated carbocycles. The van der Waals surface area contributed by atoms with E-state index in [4.69, 9.17) is 25.2 Å². The Morgan fingerprint density at radius 1 is 1.03 bits per heavy atom. The summed E-state index contributed by atoms with van der Waals surface area (Å²) in [6.07, 6.45) is 9.84. The molecule has 36 heavy (non-hydrogen) atoms. The second kappa shape index (κ2) is 11.3. The van der Waals surface area contributed by atoms with Crippen LogP contribution in [0.25, 0.3) is 0 Å². The fraction of sp³-hybridized carbons (Fsp3) is 0.840. The number of ether oxygens (including phenoxy) is 1. The molecule has 2 aliphatic heterocycles. The second-order valence-electron chi connectivity index (χ2n) is 11.1. The molecule has 1 saturated heterocycles. The maximum atomic E-state index is 13.7.